The first-order chi connectivity index (χ1) is 11.6. The molecule has 1 aromatic heterocycles. The minimum absolute atomic E-state index is 0.189. The fourth-order valence-electron chi connectivity index (χ4n) is 2.79. The highest BCUT2D eigenvalue weighted by Crippen LogP contribution is 2.20. The lowest BCUT2D eigenvalue weighted by atomic mass is 10.1. The number of aromatic nitrogens is 2. The summed E-state index contributed by atoms with van der Waals surface area (Å²) in [6, 6.07) is 7.79. The summed E-state index contributed by atoms with van der Waals surface area (Å²) in [5.74, 6) is 0.788. The van der Waals surface area contributed by atoms with Crippen molar-refractivity contribution in [3.63, 3.8) is 0 Å². The van der Waals surface area contributed by atoms with Crippen LogP contribution in [0.15, 0.2) is 42.9 Å². The van der Waals surface area contributed by atoms with Crippen molar-refractivity contribution in [1.29, 1.82) is 0 Å². The maximum atomic E-state index is 10.9. The van der Waals surface area contributed by atoms with E-state index in [1.54, 1.807) is 18.6 Å². The molecule has 24 heavy (non-hydrogen) atoms. The first-order valence-electron chi connectivity index (χ1n) is 8.10. The molecule has 1 N–H and O–H groups in total. The van der Waals surface area contributed by atoms with Gasteiger partial charge in [0.25, 0.3) is 0 Å². The highest BCUT2D eigenvalue weighted by Gasteiger charge is 2.33. The van der Waals surface area contributed by atoms with E-state index in [1.807, 2.05) is 31.2 Å². The topological polar surface area (TPSA) is 67.7 Å². The van der Waals surface area contributed by atoms with Gasteiger partial charge in [-0.15, -0.1) is 0 Å². The lowest BCUT2D eigenvalue weighted by Gasteiger charge is -2.30. The fraction of sp³-hybridized carbons (Fsp3) is 0.444. The zero-order valence-corrected chi connectivity index (χ0v) is 13.9. The van der Waals surface area contributed by atoms with Crippen molar-refractivity contribution in [3.05, 3.63) is 54.1 Å². The average molecular weight is 329 g/mol. The summed E-state index contributed by atoms with van der Waals surface area (Å²) in [5, 5.41) is 10.9. The number of nitrogens with zero attached hydrogens (tertiary/aromatic N) is 3. The first-order valence-corrected chi connectivity index (χ1v) is 8.10. The molecular formula is C18H23N3O3. The third kappa shape index (κ3) is 4.50. The zero-order chi connectivity index (χ0) is 16.8. The third-order valence-electron chi connectivity index (χ3n) is 4.03. The number of hydrogen-bond acceptors (Lipinski definition) is 6. The van der Waals surface area contributed by atoms with E-state index in [1.165, 1.54) is 0 Å². The Balaban J connectivity index is 1.63. The van der Waals surface area contributed by atoms with Crippen LogP contribution in [0.2, 0.25) is 0 Å². The van der Waals surface area contributed by atoms with Gasteiger partial charge in [-0.2, -0.15) is 0 Å². The second-order valence-corrected chi connectivity index (χ2v) is 6.24. The average Bonchev–Trinajstić information content (AvgIpc) is 2.77. The maximum absolute atomic E-state index is 10.9. The summed E-state index contributed by atoms with van der Waals surface area (Å²) in [7, 11) is 0. The molecule has 0 aliphatic carbocycles. The van der Waals surface area contributed by atoms with Crippen molar-refractivity contribution >= 4 is 0 Å². The van der Waals surface area contributed by atoms with Gasteiger partial charge < -0.3 is 14.6 Å². The number of aryl methyl sites for hydroxylation is 1. The van der Waals surface area contributed by atoms with Crippen LogP contribution in [0.5, 0.6) is 5.75 Å². The van der Waals surface area contributed by atoms with Crippen LogP contribution in [-0.2, 0) is 11.3 Å². The Hall–Kier alpha value is -2.02. The van der Waals surface area contributed by atoms with Crippen molar-refractivity contribution in [2.45, 2.75) is 19.1 Å². The quantitative estimate of drug-likeness (QED) is 0.895. The molecule has 1 fully saturated rings. The molecule has 1 aromatic carbocycles. The van der Waals surface area contributed by atoms with Gasteiger partial charge in [0.1, 0.15) is 18.0 Å². The third-order valence-corrected chi connectivity index (χ3v) is 4.03. The second kappa shape index (κ2) is 7.70. The van der Waals surface area contributed by atoms with E-state index in [0.717, 1.165) is 23.6 Å². The van der Waals surface area contributed by atoms with Crippen molar-refractivity contribution in [2.24, 2.45) is 0 Å². The summed E-state index contributed by atoms with van der Waals surface area (Å²) in [6.07, 6.45) is 5.08. The molecule has 0 saturated carbocycles. The molecule has 1 aliphatic rings. The van der Waals surface area contributed by atoms with E-state index in [2.05, 4.69) is 14.9 Å². The minimum atomic E-state index is -1.05. The van der Waals surface area contributed by atoms with Crippen molar-refractivity contribution < 1.29 is 14.6 Å². The van der Waals surface area contributed by atoms with Crippen LogP contribution in [-0.4, -0.2) is 58.5 Å². The number of β-amino-alcohol motifs (C(OH)–C–C–N with tert-alkyl or cyclic N) is 1. The predicted octanol–water partition coefficient (Wildman–Crippen LogP) is 1.43. The van der Waals surface area contributed by atoms with Crippen LogP contribution in [0.25, 0.3) is 0 Å². The SMILES string of the molecule is Cc1ccccc1OC[C@@]1(O)COCCN(Cc2cnccn2)C1. The second-order valence-electron chi connectivity index (χ2n) is 6.24. The van der Waals surface area contributed by atoms with Crippen LogP contribution >= 0.6 is 0 Å². The number of ether oxygens (including phenoxy) is 2. The summed E-state index contributed by atoms with van der Waals surface area (Å²) >= 11 is 0. The predicted molar refractivity (Wildman–Crippen MR) is 89.8 cm³/mol. The Kier molecular flexibility index (Phi) is 5.40. The highest BCUT2D eigenvalue weighted by atomic mass is 16.5. The molecule has 2 heterocycles. The maximum Gasteiger partial charge on any atom is 0.134 e. The largest absolute Gasteiger partial charge is 0.490 e. The molecule has 1 aliphatic heterocycles. The van der Waals surface area contributed by atoms with Gasteiger partial charge in [0.15, 0.2) is 0 Å². The van der Waals surface area contributed by atoms with Gasteiger partial charge in [-0.1, -0.05) is 18.2 Å². The minimum Gasteiger partial charge on any atom is -0.490 e. The number of para-hydroxylation sites is 1. The number of aliphatic hydroxyl groups is 1. The summed E-state index contributed by atoms with van der Waals surface area (Å²) in [5.41, 5.74) is 0.870. The van der Waals surface area contributed by atoms with Gasteiger partial charge in [0.2, 0.25) is 0 Å². The Morgan fingerprint density at radius 1 is 1.33 bits per heavy atom. The molecule has 1 atom stereocenters. The summed E-state index contributed by atoms with van der Waals surface area (Å²) in [6.45, 7) is 4.85. The van der Waals surface area contributed by atoms with Crippen molar-refractivity contribution in [2.75, 3.05) is 32.9 Å². The van der Waals surface area contributed by atoms with E-state index < -0.39 is 5.60 Å². The lowest BCUT2D eigenvalue weighted by molar-refractivity contribution is -0.0648. The number of hydrogen-bond donors (Lipinski definition) is 1. The molecule has 0 amide bonds. The molecule has 2 aromatic rings. The van der Waals surface area contributed by atoms with Crippen LogP contribution in [0, 0.1) is 6.92 Å². The van der Waals surface area contributed by atoms with E-state index in [0.29, 0.717) is 19.7 Å². The lowest BCUT2D eigenvalue weighted by Crippen LogP contribution is -2.48. The monoisotopic (exact) mass is 329 g/mol. The Labute approximate surface area is 142 Å². The van der Waals surface area contributed by atoms with Gasteiger partial charge in [0.05, 0.1) is 18.9 Å². The van der Waals surface area contributed by atoms with Crippen LogP contribution in [0.1, 0.15) is 11.3 Å². The van der Waals surface area contributed by atoms with Gasteiger partial charge in [-0.05, 0) is 18.6 Å². The molecule has 3 rings (SSSR count). The van der Waals surface area contributed by atoms with E-state index in [9.17, 15) is 5.11 Å². The first kappa shape index (κ1) is 16.8. The van der Waals surface area contributed by atoms with E-state index in [-0.39, 0.29) is 13.2 Å². The van der Waals surface area contributed by atoms with Crippen molar-refractivity contribution in [3.8, 4) is 5.75 Å². The molecule has 0 unspecified atom stereocenters. The van der Waals surface area contributed by atoms with Gasteiger partial charge in [-0.25, -0.2) is 0 Å². The molecule has 0 spiro atoms. The molecule has 0 radical (unpaired) electrons. The fourth-order valence-corrected chi connectivity index (χ4v) is 2.79. The number of rotatable bonds is 5. The highest BCUT2D eigenvalue weighted by molar-refractivity contribution is 5.31. The molecule has 6 nitrogen and oxygen atoms in total. The molecule has 128 valence electrons. The Morgan fingerprint density at radius 3 is 3.00 bits per heavy atom. The molecule has 1 saturated heterocycles. The molecule has 6 heteroatoms. The smallest absolute Gasteiger partial charge is 0.134 e. The van der Waals surface area contributed by atoms with Gasteiger partial charge in [-0.3, -0.25) is 14.9 Å². The van der Waals surface area contributed by atoms with E-state index >= 15 is 0 Å². The van der Waals surface area contributed by atoms with Crippen LogP contribution < -0.4 is 4.74 Å². The number of benzene rings is 1. The standard InChI is InChI=1S/C18H23N3O3/c1-15-4-2-3-5-17(15)24-14-18(22)12-21(8-9-23-13-18)11-16-10-19-6-7-20-16/h2-7,10,22H,8-9,11-14H2,1H3/t18-/m0/s1. The van der Waals surface area contributed by atoms with Gasteiger partial charge in [0, 0.05) is 38.2 Å². The molecule has 0 bridgehead atoms. The Bertz CT molecular complexity index is 653. The molecular weight excluding hydrogens is 306 g/mol. The zero-order valence-electron chi connectivity index (χ0n) is 13.9. The van der Waals surface area contributed by atoms with E-state index in [4.69, 9.17) is 9.47 Å². The Morgan fingerprint density at radius 2 is 2.21 bits per heavy atom. The summed E-state index contributed by atoms with van der Waals surface area (Å²) in [4.78, 5) is 10.5. The van der Waals surface area contributed by atoms with Crippen molar-refractivity contribution in [1.82, 2.24) is 14.9 Å². The van der Waals surface area contributed by atoms with Crippen LogP contribution in [0.3, 0.4) is 0 Å². The summed E-state index contributed by atoms with van der Waals surface area (Å²) < 4.78 is 11.4. The normalized spacial score (nSPS) is 22.1. The van der Waals surface area contributed by atoms with Crippen LogP contribution in [0.4, 0.5) is 0 Å². The van der Waals surface area contributed by atoms with Gasteiger partial charge >= 0.3 is 0 Å².